The van der Waals surface area contributed by atoms with Crippen LogP contribution in [0.4, 0.5) is 21.5 Å². The molecule has 2 aliphatic rings. The minimum Gasteiger partial charge on any atom is -0.371 e. The van der Waals surface area contributed by atoms with Crippen molar-refractivity contribution in [2.75, 3.05) is 47.5 Å². The van der Waals surface area contributed by atoms with Crippen LogP contribution < -0.4 is 15.5 Å². The highest BCUT2D eigenvalue weighted by molar-refractivity contribution is 7.90. The molecule has 2 aliphatic heterocycles. The third kappa shape index (κ3) is 5.92. The van der Waals surface area contributed by atoms with Gasteiger partial charge in [0.25, 0.3) is 5.91 Å². The standard InChI is InChI=1S/C27H26ClFN4O4S/c28-20-3-1-2-18(14-20)16-38(36,37)17-25-26(34)31-24-15-19(4-9-23(24)30-25)27(35)33-12-10-32(11-13-33)22-7-5-21(29)6-8-22/h1-9,14-15,25,30H,10-13,16-17H2,(H,31,34)/t25-/m1/s1. The molecule has 0 saturated carbocycles. The van der Waals surface area contributed by atoms with E-state index in [0.717, 1.165) is 5.69 Å². The maximum absolute atomic E-state index is 13.2. The van der Waals surface area contributed by atoms with Crippen molar-refractivity contribution in [2.24, 2.45) is 0 Å². The summed E-state index contributed by atoms with van der Waals surface area (Å²) in [6.45, 7) is 2.24. The number of anilines is 3. The summed E-state index contributed by atoms with van der Waals surface area (Å²) in [4.78, 5) is 29.7. The molecule has 1 fully saturated rings. The molecule has 0 unspecified atom stereocenters. The Hall–Kier alpha value is -3.63. The van der Waals surface area contributed by atoms with Crippen molar-refractivity contribution in [3.05, 3.63) is 88.7 Å². The van der Waals surface area contributed by atoms with Gasteiger partial charge in [0.05, 0.1) is 22.9 Å². The van der Waals surface area contributed by atoms with Crippen molar-refractivity contribution in [3.63, 3.8) is 0 Å². The molecule has 198 valence electrons. The number of hydrogen-bond donors (Lipinski definition) is 2. The largest absolute Gasteiger partial charge is 0.371 e. The highest BCUT2D eigenvalue weighted by atomic mass is 35.5. The van der Waals surface area contributed by atoms with Crippen LogP contribution in [0.25, 0.3) is 0 Å². The first-order valence-corrected chi connectivity index (χ1v) is 14.3. The normalized spacial score (nSPS) is 17.4. The number of rotatable bonds is 6. The van der Waals surface area contributed by atoms with Crippen LogP contribution in [0.2, 0.25) is 5.02 Å². The van der Waals surface area contributed by atoms with Gasteiger partial charge in [0.15, 0.2) is 9.84 Å². The van der Waals surface area contributed by atoms with Gasteiger partial charge in [-0.1, -0.05) is 23.7 Å². The number of hydrogen-bond acceptors (Lipinski definition) is 6. The first-order chi connectivity index (χ1) is 18.2. The molecule has 11 heteroatoms. The van der Waals surface area contributed by atoms with Crippen molar-refractivity contribution >= 4 is 50.3 Å². The van der Waals surface area contributed by atoms with Gasteiger partial charge >= 0.3 is 0 Å². The summed E-state index contributed by atoms with van der Waals surface area (Å²) in [5, 5.41) is 6.18. The lowest BCUT2D eigenvalue weighted by Gasteiger charge is -2.36. The first kappa shape index (κ1) is 26.0. The molecule has 1 saturated heterocycles. The Bertz CT molecular complexity index is 1470. The Morgan fingerprint density at radius 1 is 0.974 bits per heavy atom. The zero-order valence-electron chi connectivity index (χ0n) is 20.4. The Kier molecular flexibility index (Phi) is 7.27. The van der Waals surface area contributed by atoms with Gasteiger partial charge in [-0.15, -0.1) is 0 Å². The summed E-state index contributed by atoms with van der Waals surface area (Å²) in [5.74, 6) is -1.55. The molecule has 3 aromatic carbocycles. The zero-order chi connectivity index (χ0) is 26.9. The molecule has 38 heavy (non-hydrogen) atoms. The summed E-state index contributed by atoms with van der Waals surface area (Å²) in [7, 11) is -3.61. The molecule has 2 amide bonds. The van der Waals surface area contributed by atoms with E-state index in [1.54, 1.807) is 59.5 Å². The lowest BCUT2D eigenvalue weighted by Crippen LogP contribution is -2.49. The Labute approximate surface area is 225 Å². The fourth-order valence-electron chi connectivity index (χ4n) is 4.69. The van der Waals surface area contributed by atoms with E-state index in [2.05, 4.69) is 15.5 Å². The average Bonchev–Trinajstić information content (AvgIpc) is 2.88. The average molecular weight is 557 g/mol. The van der Waals surface area contributed by atoms with Gasteiger partial charge in [-0.05, 0) is 60.2 Å². The van der Waals surface area contributed by atoms with Gasteiger partial charge in [-0.25, -0.2) is 12.8 Å². The lowest BCUT2D eigenvalue weighted by atomic mass is 10.1. The van der Waals surface area contributed by atoms with Gasteiger partial charge in [0.2, 0.25) is 5.91 Å². The van der Waals surface area contributed by atoms with Crippen LogP contribution in [0.1, 0.15) is 15.9 Å². The number of amides is 2. The van der Waals surface area contributed by atoms with E-state index >= 15 is 0 Å². The predicted molar refractivity (Wildman–Crippen MR) is 146 cm³/mol. The van der Waals surface area contributed by atoms with Crippen LogP contribution in [0.3, 0.4) is 0 Å². The molecule has 8 nitrogen and oxygen atoms in total. The van der Waals surface area contributed by atoms with Crippen molar-refractivity contribution in [2.45, 2.75) is 11.8 Å². The summed E-state index contributed by atoms with van der Waals surface area (Å²) in [6, 6.07) is 16.9. The highest BCUT2D eigenvalue weighted by Gasteiger charge is 2.31. The Morgan fingerprint density at radius 2 is 1.71 bits per heavy atom. The van der Waals surface area contributed by atoms with Crippen LogP contribution >= 0.6 is 11.6 Å². The summed E-state index contributed by atoms with van der Waals surface area (Å²) < 4.78 is 38.7. The molecule has 5 rings (SSSR count). The lowest BCUT2D eigenvalue weighted by molar-refractivity contribution is -0.116. The first-order valence-electron chi connectivity index (χ1n) is 12.1. The minimum absolute atomic E-state index is 0.160. The topological polar surface area (TPSA) is 98.8 Å². The summed E-state index contributed by atoms with van der Waals surface area (Å²) >= 11 is 5.95. The van der Waals surface area contributed by atoms with E-state index in [1.807, 2.05) is 0 Å². The van der Waals surface area contributed by atoms with Crippen LogP contribution in [-0.4, -0.2) is 63.1 Å². The monoisotopic (exact) mass is 556 g/mol. The number of carbonyl (C=O) groups is 2. The molecule has 0 aromatic heterocycles. The molecule has 1 atom stereocenters. The van der Waals surface area contributed by atoms with E-state index < -0.39 is 21.8 Å². The third-order valence-electron chi connectivity index (χ3n) is 6.63. The van der Waals surface area contributed by atoms with E-state index in [-0.39, 0.29) is 23.2 Å². The summed E-state index contributed by atoms with van der Waals surface area (Å²) in [6.07, 6.45) is 0. The minimum atomic E-state index is -3.61. The molecular formula is C27H26ClFN4O4S. The van der Waals surface area contributed by atoms with Gasteiger partial charge in [-0.2, -0.15) is 0 Å². The molecule has 0 bridgehead atoms. The number of halogens is 2. The van der Waals surface area contributed by atoms with Gasteiger partial charge in [0.1, 0.15) is 11.9 Å². The quantitative estimate of drug-likeness (QED) is 0.479. The van der Waals surface area contributed by atoms with Gasteiger partial charge in [0, 0.05) is 42.5 Å². The third-order valence-corrected chi connectivity index (χ3v) is 8.47. The molecule has 2 N–H and O–H groups in total. The number of sulfone groups is 1. The SMILES string of the molecule is O=C1Nc2cc(C(=O)N3CCN(c4ccc(F)cc4)CC3)ccc2N[C@@H]1CS(=O)(=O)Cc1cccc(Cl)c1. The molecule has 0 radical (unpaired) electrons. The number of piperazine rings is 1. The Balaban J connectivity index is 1.21. The maximum atomic E-state index is 13.2. The van der Waals surface area contributed by atoms with Crippen LogP contribution in [0.5, 0.6) is 0 Å². The van der Waals surface area contributed by atoms with Crippen LogP contribution in [0, 0.1) is 5.82 Å². The van der Waals surface area contributed by atoms with Gasteiger partial charge < -0.3 is 20.4 Å². The fourth-order valence-corrected chi connectivity index (χ4v) is 6.45. The number of nitrogens with zero attached hydrogens (tertiary/aromatic N) is 2. The molecular weight excluding hydrogens is 531 g/mol. The van der Waals surface area contributed by atoms with Crippen molar-refractivity contribution in [1.82, 2.24) is 4.90 Å². The van der Waals surface area contributed by atoms with Crippen LogP contribution in [-0.2, 0) is 20.4 Å². The fraction of sp³-hybridized carbons (Fsp3) is 0.259. The number of carbonyl (C=O) groups excluding carboxylic acids is 2. The molecule has 3 aromatic rings. The Morgan fingerprint density at radius 3 is 2.42 bits per heavy atom. The number of nitrogens with one attached hydrogen (secondary N) is 2. The summed E-state index contributed by atoms with van der Waals surface area (Å²) in [5.41, 5.74) is 2.86. The second kappa shape index (κ2) is 10.6. The van der Waals surface area contributed by atoms with E-state index in [9.17, 15) is 22.4 Å². The van der Waals surface area contributed by atoms with E-state index in [1.165, 1.54) is 12.1 Å². The van der Waals surface area contributed by atoms with Crippen molar-refractivity contribution < 1.29 is 22.4 Å². The van der Waals surface area contributed by atoms with E-state index in [0.29, 0.717) is 53.7 Å². The van der Waals surface area contributed by atoms with E-state index in [4.69, 9.17) is 11.6 Å². The number of benzene rings is 3. The second-order valence-electron chi connectivity index (χ2n) is 9.39. The highest BCUT2D eigenvalue weighted by Crippen LogP contribution is 2.29. The maximum Gasteiger partial charge on any atom is 0.254 e. The number of fused-ring (bicyclic) bond motifs is 1. The molecule has 0 spiro atoms. The molecule has 2 heterocycles. The van der Waals surface area contributed by atoms with Crippen molar-refractivity contribution in [1.29, 1.82) is 0 Å². The van der Waals surface area contributed by atoms with Gasteiger partial charge in [-0.3, -0.25) is 9.59 Å². The van der Waals surface area contributed by atoms with Crippen LogP contribution in [0.15, 0.2) is 66.7 Å². The zero-order valence-corrected chi connectivity index (χ0v) is 21.9. The molecule has 0 aliphatic carbocycles. The second-order valence-corrected chi connectivity index (χ2v) is 11.9. The smallest absolute Gasteiger partial charge is 0.254 e. The predicted octanol–water partition coefficient (Wildman–Crippen LogP) is 3.79. The van der Waals surface area contributed by atoms with Crippen molar-refractivity contribution in [3.8, 4) is 0 Å².